The predicted molar refractivity (Wildman–Crippen MR) is 56.7 cm³/mol. The van der Waals surface area contributed by atoms with E-state index in [1.54, 1.807) is 0 Å². The summed E-state index contributed by atoms with van der Waals surface area (Å²) in [6, 6.07) is -1.08. The lowest BCUT2D eigenvalue weighted by molar-refractivity contribution is -0.186. The van der Waals surface area contributed by atoms with Crippen molar-refractivity contribution in [3.8, 4) is 0 Å². The summed E-state index contributed by atoms with van der Waals surface area (Å²) in [6.45, 7) is 1.28. The minimum absolute atomic E-state index is 0.0434. The minimum atomic E-state index is -4.28. The standard InChI is InChI=1S/C11H16F3NO3/c1-6(10(17)18)15-9(16)7-3-2-4-8(5-7)11(12,13)14/h6-8H,2-5H2,1H3,(H,15,16)(H,17,18). The molecule has 7 heteroatoms. The summed E-state index contributed by atoms with van der Waals surface area (Å²) in [6.07, 6.45) is -3.77. The van der Waals surface area contributed by atoms with E-state index in [2.05, 4.69) is 5.32 Å². The van der Waals surface area contributed by atoms with E-state index in [1.165, 1.54) is 6.92 Å². The summed E-state index contributed by atoms with van der Waals surface area (Å²) in [5.74, 6) is -4.00. The Morgan fingerprint density at radius 3 is 2.44 bits per heavy atom. The van der Waals surface area contributed by atoms with E-state index in [4.69, 9.17) is 5.11 Å². The van der Waals surface area contributed by atoms with Gasteiger partial charge in [-0.2, -0.15) is 13.2 Å². The van der Waals surface area contributed by atoms with Crippen LogP contribution in [0.2, 0.25) is 0 Å². The van der Waals surface area contributed by atoms with Gasteiger partial charge in [0.2, 0.25) is 5.91 Å². The summed E-state index contributed by atoms with van der Waals surface area (Å²) >= 11 is 0. The topological polar surface area (TPSA) is 66.4 Å². The number of alkyl halides is 3. The third-order valence-corrected chi connectivity index (χ3v) is 3.24. The average Bonchev–Trinajstić information content (AvgIpc) is 2.27. The van der Waals surface area contributed by atoms with Gasteiger partial charge in [-0.3, -0.25) is 9.59 Å². The van der Waals surface area contributed by atoms with Crippen molar-refractivity contribution in [2.24, 2.45) is 11.8 Å². The maximum absolute atomic E-state index is 12.5. The number of aliphatic carboxylic acids is 1. The number of carboxylic acid groups (broad SMARTS) is 1. The largest absolute Gasteiger partial charge is 0.480 e. The molecular formula is C11H16F3NO3. The zero-order valence-corrected chi connectivity index (χ0v) is 9.96. The molecule has 1 amide bonds. The first kappa shape index (κ1) is 14.8. The molecule has 0 aliphatic heterocycles. The maximum atomic E-state index is 12.5. The van der Waals surface area contributed by atoms with Gasteiger partial charge in [-0.1, -0.05) is 6.42 Å². The third kappa shape index (κ3) is 3.89. The maximum Gasteiger partial charge on any atom is 0.391 e. The quantitative estimate of drug-likeness (QED) is 0.821. The van der Waals surface area contributed by atoms with Gasteiger partial charge in [0.15, 0.2) is 0 Å². The third-order valence-electron chi connectivity index (χ3n) is 3.24. The molecule has 1 aliphatic carbocycles. The van der Waals surface area contributed by atoms with Crippen molar-refractivity contribution in [3.05, 3.63) is 0 Å². The summed E-state index contributed by atoms with van der Waals surface area (Å²) in [4.78, 5) is 22.2. The van der Waals surface area contributed by atoms with Crippen LogP contribution in [0.25, 0.3) is 0 Å². The van der Waals surface area contributed by atoms with Gasteiger partial charge in [0.1, 0.15) is 6.04 Å². The van der Waals surface area contributed by atoms with Crippen LogP contribution in [0.4, 0.5) is 13.2 Å². The normalized spacial score (nSPS) is 26.4. The second-order valence-electron chi connectivity index (χ2n) is 4.67. The molecule has 0 aromatic rings. The Balaban J connectivity index is 2.56. The van der Waals surface area contributed by atoms with Gasteiger partial charge in [-0.05, 0) is 26.2 Å². The monoisotopic (exact) mass is 267 g/mol. The van der Waals surface area contributed by atoms with Crippen LogP contribution in [0.15, 0.2) is 0 Å². The Hall–Kier alpha value is -1.27. The number of carboxylic acids is 1. The van der Waals surface area contributed by atoms with Crippen molar-refractivity contribution in [1.82, 2.24) is 5.32 Å². The van der Waals surface area contributed by atoms with E-state index in [9.17, 15) is 22.8 Å². The van der Waals surface area contributed by atoms with Crippen molar-refractivity contribution in [2.75, 3.05) is 0 Å². The smallest absolute Gasteiger partial charge is 0.391 e. The molecule has 0 spiro atoms. The van der Waals surface area contributed by atoms with Crippen LogP contribution < -0.4 is 5.32 Å². The number of hydrogen-bond acceptors (Lipinski definition) is 2. The Bertz CT molecular complexity index is 330. The highest BCUT2D eigenvalue weighted by molar-refractivity contribution is 5.84. The summed E-state index contributed by atoms with van der Waals surface area (Å²) in [7, 11) is 0. The lowest BCUT2D eigenvalue weighted by atomic mass is 9.80. The molecule has 2 N–H and O–H groups in total. The van der Waals surface area contributed by atoms with E-state index in [0.717, 1.165) is 0 Å². The minimum Gasteiger partial charge on any atom is -0.480 e. The zero-order valence-electron chi connectivity index (χ0n) is 9.96. The van der Waals surface area contributed by atoms with E-state index < -0.39 is 35.9 Å². The molecule has 0 aromatic heterocycles. The first-order chi connectivity index (χ1) is 8.21. The number of hydrogen-bond donors (Lipinski definition) is 2. The number of rotatable bonds is 3. The Morgan fingerprint density at radius 2 is 1.94 bits per heavy atom. The predicted octanol–water partition coefficient (Wildman–Crippen LogP) is 1.94. The molecule has 104 valence electrons. The number of amides is 1. The van der Waals surface area contributed by atoms with Crippen molar-refractivity contribution < 1.29 is 27.9 Å². The molecule has 3 atom stereocenters. The highest BCUT2D eigenvalue weighted by Gasteiger charge is 2.43. The van der Waals surface area contributed by atoms with Crippen LogP contribution in [-0.2, 0) is 9.59 Å². The van der Waals surface area contributed by atoms with Gasteiger partial charge in [-0.15, -0.1) is 0 Å². The lowest BCUT2D eigenvalue weighted by Crippen LogP contribution is -2.43. The van der Waals surface area contributed by atoms with Gasteiger partial charge in [0, 0.05) is 5.92 Å². The highest BCUT2D eigenvalue weighted by Crippen LogP contribution is 2.39. The van der Waals surface area contributed by atoms with Crippen molar-refractivity contribution in [3.63, 3.8) is 0 Å². The SMILES string of the molecule is CC(NC(=O)C1CCCC(C(F)(F)F)C1)C(=O)O. The van der Waals surface area contributed by atoms with Gasteiger partial charge >= 0.3 is 12.1 Å². The molecule has 1 fully saturated rings. The fraction of sp³-hybridized carbons (Fsp3) is 0.818. The molecule has 1 aliphatic rings. The second kappa shape index (κ2) is 5.58. The lowest BCUT2D eigenvalue weighted by Gasteiger charge is -2.30. The van der Waals surface area contributed by atoms with Gasteiger partial charge in [0.05, 0.1) is 5.92 Å². The Labute approximate surface area is 103 Å². The molecule has 1 saturated carbocycles. The molecule has 0 heterocycles. The summed E-state index contributed by atoms with van der Waals surface area (Å²) in [5.41, 5.74) is 0. The molecule has 3 unspecified atom stereocenters. The molecule has 1 rings (SSSR count). The van der Waals surface area contributed by atoms with Crippen molar-refractivity contribution >= 4 is 11.9 Å². The van der Waals surface area contributed by atoms with Gasteiger partial charge in [-0.25, -0.2) is 0 Å². The van der Waals surface area contributed by atoms with E-state index in [0.29, 0.717) is 12.8 Å². The first-order valence-electron chi connectivity index (χ1n) is 5.81. The fourth-order valence-electron chi connectivity index (χ4n) is 2.12. The number of carbonyl (C=O) groups is 2. The molecule has 0 saturated heterocycles. The van der Waals surface area contributed by atoms with Gasteiger partial charge < -0.3 is 10.4 Å². The molecule has 0 aromatic carbocycles. The first-order valence-corrected chi connectivity index (χ1v) is 5.81. The average molecular weight is 267 g/mol. The Kier molecular flexibility index (Phi) is 4.59. The van der Waals surface area contributed by atoms with E-state index in [-0.39, 0.29) is 12.8 Å². The number of nitrogens with one attached hydrogen (secondary N) is 1. The molecule has 4 nitrogen and oxygen atoms in total. The van der Waals surface area contributed by atoms with Crippen molar-refractivity contribution in [2.45, 2.75) is 44.8 Å². The molecule has 0 radical (unpaired) electrons. The Morgan fingerprint density at radius 1 is 1.33 bits per heavy atom. The zero-order chi connectivity index (χ0) is 13.9. The van der Waals surface area contributed by atoms with E-state index >= 15 is 0 Å². The molecular weight excluding hydrogens is 251 g/mol. The highest BCUT2D eigenvalue weighted by atomic mass is 19.4. The van der Waals surface area contributed by atoms with E-state index in [1.807, 2.05) is 0 Å². The number of halogens is 3. The summed E-state index contributed by atoms with van der Waals surface area (Å²) < 4.78 is 37.6. The number of carbonyl (C=O) groups excluding carboxylic acids is 1. The molecule has 18 heavy (non-hydrogen) atoms. The van der Waals surface area contributed by atoms with Crippen LogP contribution in [0, 0.1) is 11.8 Å². The van der Waals surface area contributed by atoms with Crippen LogP contribution in [0.5, 0.6) is 0 Å². The van der Waals surface area contributed by atoms with Crippen LogP contribution in [0.3, 0.4) is 0 Å². The summed E-state index contributed by atoms with van der Waals surface area (Å²) in [5, 5.41) is 10.8. The molecule has 0 bridgehead atoms. The van der Waals surface area contributed by atoms with Crippen LogP contribution >= 0.6 is 0 Å². The second-order valence-corrected chi connectivity index (χ2v) is 4.67. The fourth-order valence-corrected chi connectivity index (χ4v) is 2.12. The van der Waals surface area contributed by atoms with Crippen LogP contribution in [0.1, 0.15) is 32.6 Å². The van der Waals surface area contributed by atoms with Crippen LogP contribution in [-0.4, -0.2) is 29.2 Å². The van der Waals surface area contributed by atoms with Gasteiger partial charge in [0.25, 0.3) is 0 Å². The van der Waals surface area contributed by atoms with Crippen molar-refractivity contribution in [1.29, 1.82) is 0 Å².